The summed E-state index contributed by atoms with van der Waals surface area (Å²) in [5.74, 6) is -3.25. The van der Waals surface area contributed by atoms with Crippen LogP contribution in [0.25, 0.3) is 0 Å². The number of aromatic nitrogens is 1. The maximum atomic E-state index is 13.3. The van der Waals surface area contributed by atoms with Crippen molar-refractivity contribution in [2.75, 3.05) is 0 Å². The number of hydrogen-bond donors (Lipinski definition) is 0. The average molecular weight is 251 g/mol. The second kappa shape index (κ2) is 5.00. The van der Waals surface area contributed by atoms with Gasteiger partial charge in [0.15, 0.2) is 17.4 Å². The molecule has 0 spiro atoms. The molecule has 92 valence electrons. The number of ketones is 1. The van der Waals surface area contributed by atoms with Gasteiger partial charge >= 0.3 is 0 Å². The number of benzene rings is 1. The molecule has 18 heavy (non-hydrogen) atoms. The van der Waals surface area contributed by atoms with Crippen molar-refractivity contribution in [2.45, 2.75) is 6.42 Å². The van der Waals surface area contributed by atoms with E-state index < -0.39 is 23.2 Å². The van der Waals surface area contributed by atoms with E-state index in [-0.39, 0.29) is 17.5 Å². The number of pyridine rings is 1. The minimum atomic E-state index is -1.06. The molecule has 2 aromatic rings. The van der Waals surface area contributed by atoms with Crippen LogP contribution in [0, 0.1) is 17.5 Å². The third kappa shape index (κ3) is 2.56. The fourth-order valence-electron chi connectivity index (χ4n) is 1.52. The third-order valence-electron chi connectivity index (χ3n) is 2.41. The smallest absolute Gasteiger partial charge is 0.168 e. The van der Waals surface area contributed by atoms with Crippen LogP contribution in [-0.2, 0) is 6.42 Å². The number of hydrogen-bond acceptors (Lipinski definition) is 2. The standard InChI is InChI=1S/C13H8F3NO/c14-10-4-9(6-17-7-10)12(18)5-8-2-1-3-11(15)13(8)16/h1-4,6-7H,5H2. The van der Waals surface area contributed by atoms with E-state index in [9.17, 15) is 18.0 Å². The van der Waals surface area contributed by atoms with Crippen molar-refractivity contribution in [3.63, 3.8) is 0 Å². The summed E-state index contributed by atoms with van der Waals surface area (Å²) in [5, 5.41) is 0. The van der Waals surface area contributed by atoms with Crippen molar-refractivity contribution in [1.82, 2.24) is 4.98 Å². The maximum Gasteiger partial charge on any atom is 0.168 e. The quantitative estimate of drug-likeness (QED) is 0.785. The minimum absolute atomic E-state index is 0.0265. The number of Topliss-reactive ketones (excluding diaryl/α,β-unsaturated/α-hetero) is 1. The summed E-state index contributed by atoms with van der Waals surface area (Å²) in [5.41, 5.74) is -0.0390. The van der Waals surface area contributed by atoms with Crippen LogP contribution in [0.3, 0.4) is 0 Å². The van der Waals surface area contributed by atoms with E-state index in [4.69, 9.17) is 0 Å². The molecular formula is C13H8F3NO. The molecule has 0 amide bonds. The van der Waals surface area contributed by atoms with E-state index in [1.165, 1.54) is 18.3 Å². The van der Waals surface area contributed by atoms with Crippen molar-refractivity contribution < 1.29 is 18.0 Å². The zero-order chi connectivity index (χ0) is 13.1. The Morgan fingerprint density at radius 2 is 1.94 bits per heavy atom. The summed E-state index contributed by atoms with van der Waals surface area (Å²) in [6.45, 7) is 0. The lowest BCUT2D eigenvalue weighted by Crippen LogP contribution is -2.07. The number of carbonyl (C=O) groups excluding carboxylic acids is 1. The fraction of sp³-hybridized carbons (Fsp3) is 0.0769. The van der Waals surface area contributed by atoms with Crippen molar-refractivity contribution >= 4 is 5.78 Å². The molecule has 0 unspecified atom stereocenters. The van der Waals surface area contributed by atoms with Crippen LogP contribution in [0.1, 0.15) is 15.9 Å². The zero-order valence-corrected chi connectivity index (χ0v) is 9.16. The predicted molar refractivity (Wildman–Crippen MR) is 58.6 cm³/mol. The van der Waals surface area contributed by atoms with Gasteiger partial charge in [0.1, 0.15) is 5.82 Å². The first-order valence-corrected chi connectivity index (χ1v) is 5.14. The molecule has 0 atom stereocenters. The minimum Gasteiger partial charge on any atom is -0.294 e. The van der Waals surface area contributed by atoms with Crippen molar-refractivity contribution in [1.29, 1.82) is 0 Å². The molecule has 1 aromatic heterocycles. The molecule has 0 aliphatic carbocycles. The number of carbonyl (C=O) groups is 1. The Morgan fingerprint density at radius 1 is 1.17 bits per heavy atom. The number of halogens is 3. The van der Waals surface area contributed by atoms with E-state index in [1.807, 2.05) is 0 Å². The molecule has 0 aliphatic heterocycles. The van der Waals surface area contributed by atoms with Crippen LogP contribution >= 0.6 is 0 Å². The lowest BCUT2D eigenvalue weighted by Gasteiger charge is -2.03. The van der Waals surface area contributed by atoms with Gasteiger partial charge in [-0.2, -0.15) is 0 Å². The molecule has 1 heterocycles. The Labute approximate surface area is 101 Å². The first-order chi connectivity index (χ1) is 8.58. The molecule has 0 aliphatic rings. The van der Waals surface area contributed by atoms with E-state index >= 15 is 0 Å². The summed E-state index contributed by atoms with van der Waals surface area (Å²) in [4.78, 5) is 15.3. The largest absolute Gasteiger partial charge is 0.294 e. The van der Waals surface area contributed by atoms with Crippen LogP contribution < -0.4 is 0 Å². The zero-order valence-electron chi connectivity index (χ0n) is 9.16. The van der Waals surface area contributed by atoms with E-state index in [1.54, 1.807) is 0 Å². The Morgan fingerprint density at radius 3 is 2.67 bits per heavy atom. The van der Waals surface area contributed by atoms with E-state index in [2.05, 4.69) is 4.98 Å². The molecule has 0 fully saturated rings. The van der Waals surface area contributed by atoms with Gasteiger partial charge in [-0.05, 0) is 17.7 Å². The van der Waals surface area contributed by atoms with Crippen molar-refractivity contribution in [2.24, 2.45) is 0 Å². The summed E-state index contributed by atoms with van der Waals surface area (Å²) in [7, 11) is 0. The Kier molecular flexibility index (Phi) is 3.41. The molecule has 0 N–H and O–H groups in total. The first-order valence-electron chi connectivity index (χ1n) is 5.14. The average Bonchev–Trinajstić information content (AvgIpc) is 2.35. The van der Waals surface area contributed by atoms with Gasteiger partial charge < -0.3 is 0 Å². The van der Waals surface area contributed by atoms with Crippen LogP contribution in [0.4, 0.5) is 13.2 Å². The van der Waals surface area contributed by atoms with Crippen LogP contribution in [0.5, 0.6) is 0 Å². The maximum absolute atomic E-state index is 13.3. The second-order valence-electron chi connectivity index (χ2n) is 3.70. The molecule has 2 rings (SSSR count). The highest BCUT2D eigenvalue weighted by atomic mass is 19.2. The molecule has 1 aromatic carbocycles. The van der Waals surface area contributed by atoms with Crippen LogP contribution in [0.2, 0.25) is 0 Å². The van der Waals surface area contributed by atoms with Gasteiger partial charge in [0.25, 0.3) is 0 Å². The van der Waals surface area contributed by atoms with Gasteiger partial charge in [-0.3, -0.25) is 9.78 Å². The monoisotopic (exact) mass is 251 g/mol. The molecule has 0 radical (unpaired) electrons. The third-order valence-corrected chi connectivity index (χ3v) is 2.41. The molecule has 0 saturated carbocycles. The molecule has 0 bridgehead atoms. The fourth-order valence-corrected chi connectivity index (χ4v) is 1.52. The first kappa shape index (κ1) is 12.3. The lowest BCUT2D eigenvalue weighted by molar-refractivity contribution is 0.0991. The number of nitrogens with zero attached hydrogens (tertiary/aromatic N) is 1. The van der Waals surface area contributed by atoms with Gasteiger partial charge in [0.2, 0.25) is 0 Å². The van der Waals surface area contributed by atoms with Crippen LogP contribution in [0.15, 0.2) is 36.7 Å². The summed E-state index contributed by atoms with van der Waals surface area (Å²) < 4.78 is 39.1. The van der Waals surface area contributed by atoms with Gasteiger partial charge in [-0.1, -0.05) is 12.1 Å². The molecule has 0 saturated heterocycles. The Balaban J connectivity index is 2.24. The predicted octanol–water partition coefficient (Wildman–Crippen LogP) is 2.92. The topological polar surface area (TPSA) is 30.0 Å². The highest BCUT2D eigenvalue weighted by Crippen LogP contribution is 2.14. The molecular weight excluding hydrogens is 243 g/mol. The Bertz CT molecular complexity index is 599. The van der Waals surface area contributed by atoms with Gasteiger partial charge in [-0.15, -0.1) is 0 Å². The molecule has 2 nitrogen and oxygen atoms in total. The second-order valence-corrected chi connectivity index (χ2v) is 3.70. The van der Waals surface area contributed by atoms with Crippen molar-refractivity contribution in [3.8, 4) is 0 Å². The highest BCUT2D eigenvalue weighted by molar-refractivity contribution is 5.97. The Hall–Kier alpha value is -2.17. The SMILES string of the molecule is O=C(Cc1cccc(F)c1F)c1cncc(F)c1. The number of rotatable bonds is 3. The summed E-state index contributed by atoms with van der Waals surface area (Å²) >= 11 is 0. The lowest BCUT2D eigenvalue weighted by atomic mass is 10.0. The van der Waals surface area contributed by atoms with Gasteiger partial charge in [0.05, 0.1) is 6.20 Å². The normalized spacial score (nSPS) is 10.4. The van der Waals surface area contributed by atoms with Crippen LogP contribution in [-0.4, -0.2) is 10.8 Å². The van der Waals surface area contributed by atoms with E-state index in [0.717, 1.165) is 18.3 Å². The van der Waals surface area contributed by atoms with E-state index in [0.29, 0.717) is 0 Å². The molecule has 5 heteroatoms. The highest BCUT2D eigenvalue weighted by Gasteiger charge is 2.13. The van der Waals surface area contributed by atoms with Gasteiger partial charge in [0, 0.05) is 18.2 Å². The summed E-state index contributed by atoms with van der Waals surface area (Å²) in [6.07, 6.45) is 1.80. The summed E-state index contributed by atoms with van der Waals surface area (Å²) in [6, 6.07) is 4.59. The van der Waals surface area contributed by atoms with Gasteiger partial charge in [-0.25, -0.2) is 13.2 Å². The van der Waals surface area contributed by atoms with Crippen molar-refractivity contribution in [3.05, 3.63) is 65.2 Å².